The van der Waals surface area contributed by atoms with Crippen molar-refractivity contribution < 1.29 is 13.5 Å². The minimum Gasteiger partial charge on any atom is -0.464 e. The van der Waals surface area contributed by atoms with E-state index in [0.717, 1.165) is 76.9 Å². The van der Waals surface area contributed by atoms with Crippen LogP contribution in [0.15, 0.2) is 53.1 Å². The Kier molecular flexibility index (Phi) is 5.24. The molecule has 2 aromatic carbocycles. The highest BCUT2D eigenvalue weighted by atomic mass is 19.1. The third-order valence-electron chi connectivity index (χ3n) is 6.22. The normalized spacial score (nSPS) is 14.5. The second-order valence-corrected chi connectivity index (χ2v) is 8.02. The number of imidazole rings is 1. The highest BCUT2D eigenvalue weighted by molar-refractivity contribution is 5.94. The van der Waals surface area contributed by atoms with Crippen LogP contribution in [0.1, 0.15) is 22.5 Å². The molecule has 5 nitrogen and oxygen atoms in total. The number of hydrogen-bond acceptors (Lipinski definition) is 4. The summed E-state index contributed by atoms with van der Waals surface area (Å²) in [5.74, 6) is 1.73. The lowest BCUT2D eigenvalue weighted by atomic mass is 10.0. The largest absolute Gasteiger partial charge is 0.464 e. The minimum absolute atomic E-state index is 0.451. The molecule has 4 aromatic rings. The number of aryl methyl sites for hydroxylation is 1. The van der Waals surface area contributed by atoms with Crippen molar-refractivity contribution in [2.45, 2.75) is 27.1 Å². The zero-order valence-corrected chi connectivity index (χ0v) is 17.9. The molecule has 0 N–H and O–H groups in total. The molecule has 0 saturated carbocycles. The number of aromatic nitrogens is 2. The number of hydrogen-bond donors (Lipinski definition) is 0. The second kappa shape index (κ2) is 8.19. The molecule has 1 saturated heterocycles. The number of rotatable bonds is 5. The van der Waals surface area contributed by atoms with Crippen molar-refractivity contribution in [1.82, 2.24) is 9.55 Å². The molecule has 0 unspecified atom stereocenters. The van der Waals surface area contributed by atoms with Gasteiger partial charge in [-0.05, 0) is 54.8 Å². The Hall–Kier alpha value is -3.12. The van der Waals surface area contributed by atoms with E-state index >= 15 is 0 Å². The van der Waals surface area contributed by atoms with E-state index in [1.54, 1.807) is 6.26 Å². The van der Waals surface area contributed by atoms with Gasteiger partial charge in [-0.1, -0.05) is 18.2 Å². The van der Waals surface area contributed by atoms with Gasteiger partial charge in [0.25, 0.3) is 0 Å². The first-order chi connectivity index (χ1) is 15.2. The van der Waals surface area contributed by atoms with Crippen LogP contribution in [-0.4, -0.2) is 35.9 Å². The summed E-state index contributed by atoms with van der Waals surface area (Å²) in [6, 6.07) is 14.1. The highest BCUT2D eigenvalue weighted by Gasteiger charge is 2.20. The summed E-state index contributed by atoms with van der Waals surface area (Å²) in [5, 5.41) is 0. The monoisotopic (exact) mass is 419 g/mol. The number of ether oxygens (including phenoxy) is 1. The Labute approximate surface area is 181 Å². The summed E-state index contributed by atoms with van der Waals surface area (Å²) in [6.45, 7) is 7.37. The van der Waals surface area contributed by atoms with Crippen LogP contribution in [0.5, 0.6) is 0 Å². The van der Waals surface area contributed by atoms with E-state index in [4.69, 9.17) is 14.1 Å². The van der Waals surface area contributed by atoms with Crippen LogP contribution >= 0.6 is 0 Å². The van der Waals surface area contributed by atoms with E-state index in [-0.39, 0.29) is 0 Å². The van der Waals surface area contributed by atoms with Crippen LogP contribution in [0, 0.1) is 13.8 Å². The molecule has 0 atom stereocenters. The van der Waals surface area contributed by atoms with Crippen LogP contribution in [0.4, 0.5) is 10.1 Å². The second-order valence-electron chi connectivity index (χ2n) is 8.02. The van der Waals surface area contributed by atoms with Crippen molar-refractivity contribution >= 4 is 16.7 Å². The third-order valence-corrected chi connectivity index (χ3v) is 6.22. The van der Waals surface area contributed by atoms with E-state index in [2.05, 4.69) is 27.7 Å². The summed E-state index contributed by atoms with van der Waals surface area (Å²) >= 11 is 0. The SMILES string of the molecule is Cc1c(CF)cccc1Cn1c(C)nc2c(-c3ccco3)cc(N3CCOCC3)cc21. The van der Waals surface area contributed by atoms with Gasteiger partial charge in [0.15, 0.2) is 0 Å². The molecule has 1 fully saturated rings. The number of halogens is 1. The van der Waals surface area contributed by atoms with Crippen molar-refractivity contribution in [3.8, 4) is 11.3 Å². The maximum absolute atomic E-state index is 13.4. The maximum atomic E-state index is 13.4. The number of morpholine rings is 1. The van der Waals surface area contributed by atoms with Gasteiger partial charge in [0.2, 0.25) is 0 Å². The average molecular weight is 420 g/mol. The van der Waals surface area contributed by atoms with Gasteiger partial charge in [-0.3, -0.25) is 0 Å². The highest BCUT2D eigenvalue weighted by Crippen LogP contribution is 2.35. The summed E-state index contributed by atoms with van der Waals surface area (Å²) in [6.07, 6.45) is 1.69. The van der Waals surface area contributed by atoms with Gasteiger partial charge in [0.1, 0.15) is 18.3 Å². The topological polar surface area (TPSA) is 43.4 Å². The molecule has 31 heavy (non-hydrogen) atoms. The number of anilines is 1. The number of furan rings is 1. The Morgan fingerprint density at radius 2 is 1.84 bits per heavy atom. The maximum Gasteiger partial charge on any atom is 0.136 e. The lowest BCUT2D eigenvalue weighted by molar-refractivity contribution is 0.122. The van der Waals surface area contributed by atoms with Crippen molar-refractivity contribution in [1.29, 1.82) is 0 Å². The number of nitrogens with zero attached hydrogens (tertiary/aromatic N) is 3. The zero-order chi connectivity index (χ0) is 21.4. The first kappa shape index (κ1) is 19.8. The minimum atomic E-state index is -0.451. The Bertz CT molecular complexity index is 1210. The fraction of sp³-hybridized carbons (Fsp3) is 0.320. The number of fused-ring (bicyclic) bond motifs is 1. The fourth-order valence-electron chi connectivity index (χ4n) is 4.37. The molecule has 3 heterocycles. The molecular formula is C25H26FN3O2. The molecular weight excluding hydrogens is 393 g/mol. The number of alkyl halides is 1. The predicted molar refractivity (Wildman–Crippen MR) is 120 cm³/mol. The lowest BCUT2D eigenvalue weighted by Crippen LogP contribution is -2.36. The van der Waals surface area contributed by atoms with E-state index < -0.39 is 6.67 Å². The first-order valence-corrected chi connectivity index (χ1v) is 10.7. The Morgan fingerprint density at radius 1 is 1.03 bits per heavy atom. The molecule has 0 amide bonds. The van der Waals surface area contributed by atoms with Gasteiger partial charge in [-0.2, -0.15) is 0 Å². The van der Waals surface area contributed by atoms with Gasteiger partial charge in [0, 0.05) is 30.9 Å². The van der Waals surface area contributed by atoms with Gasteiger partial charge in [-0.15, -0.1) is 0 Å². The van der Waals surface area contributed by atoms with Crippen LogP contribution in [-0.2, 0) is 18.0 Å². The summed E-state index contributed by atoms with van der Waals surface area (Å²) in [7, 11) is 0. The van der Waals surface area contributed by atoms with Crippen LogP contribution < -0.4 is 4.90 Å². The quantitative estimate of drug-likeness (QED) is 0.442. The van der Waals surface area contributed by atoms with E-state index in [0.29, 0.717) is 6.54 Å². The fourth-order valence-corrected chi connectivity index (χ4v) is 4.37. The van der Waals surface area contributed by atoms with E-state index in [1.807, 2.05) is 38.1 Å². The lowest BCUT2D eigenvalue weighted by Gasteiger charge is -2.29. The smallest absolute Gasteiger partial charge is 0.136 e. The molecule has 0 spiro atoms. The van der Waals surface area contributed by atoms with Gasteiger partial charge < -0.3 is 18.6 Å². The standard InChI is InChI=1S/C25H26FN3O2/c1-17-19(15-26)5-3-6-20(17)16-29-18(2)27-25-22(24-7-4-10-31-24)13-21(14-23(25)29)28-8-11-30-12-9-28/h3-7,10,13-14H,8-9,11-12,15-16H2,1-2H3. The summed E-state index contributed by atoms with van der Waals surface area (Å²) in [5.41, 5.74) is 6.94. The molecule has 2 aromatic heterocycles. The molecule has 0 radical (unpaired) electrons. The third kappa shape index (κ3) is 3.61. The van der Waals surface area contributed by atoms with Crippen molar-refractivity contribution in [3.05, 3.63) is 71.2 Å². The molecule has 1 aliphatic rings. The zero-order valence-electron chi connectivity index (χ0n) is 17.9. The van der Waals surface area contributed by atoms with Gasteiger partial charge in [-0.25, -0.2) is 9.37 Å². The van der Waals surface area contributed by atoms with E-state index in [9.17, 15) is 4.39 Å². The molecule has 160 valence electrons. The molecule has 5 rings (SSSR count). The van der Waals surface area contributed by atoms with Gasteiger partial charge >= 0.3 is 0 Å². The van der Waals surface area contributed by atoms with Crippen molar-refractivity contribution in [2.75, 3.05) is 31.2 Å². The number of benzene rings is 2. The predicted octanol–water partition coefficient (Wildman–Crippen LogP) is 5.27. The van der Waals surface area contributed by atoms with Crippen molar-refractivity contribution in [2.24, 2.45) is 0 Å². The van der Waals surface area contributed by atoms with Crippen LogP contribution in [0.2, 0.25) is 0 Å². The van der Waals surface area contributed by atoms with Crippen molar-refractivity contribution in [3.63, 3.8) is 0 Å². The van der Waals surface area contributed by atoms with Crippen LogP contribution in [0.3, 0.4) is 0 Å². The molecule has 0 aliphatic carbocycles. The molecule has 1 aliphatic heterocycles. The average Bonchev–Trinajstić information content (AvgIpc) is 3.44. The van der Waals surface area contributed by atoms with Crippen LogP contribution in [0.25, 0.3) is 22.4 Å². The Balaban J connectivity index is 1.67. The summed E-state index contributed by atoms with van der Waals surface area (Å²) in [4.78, 5) is 7.25. The first-order valence-electron chi connectivity index (χ1n) is 10.7. The summed E-state index contributed by atoms with van der Waals surface area (Å²) < 4.78 is 26.9. The Morgan fingerprint density at radius 3 is 2.58 bits per heavy atom. The van der Waals surface area contributed by atoms with Gasteiger partial charge in [0.05, 0.1) is 30.5 Å². The van der Waals surface area contributed by atoms with E-state index in [1.165, 1.54) is 0 Å². The molecule has 0 bridgehead atoms. The molecule has 6 heteroatoms.